The zero-order chi connectivity index (χ0) is 21.8. The average molecular weight is 411 g/mol. The Balaban J connectivity index is 2.07. The lowest BCUT2D eigenvalue weighted by molar-refractivity contribution is -0.132. The number of rotatable bonds is 7. The van der Waals surface area contributed by atoms with E-state index in [2.05, 4.69) is 10.3 Å². The van der Waals surface area contributed by atoms with Crippen molar-refractivity contribution in [1.29, 1.82) is 0 Å². The second-order valence-electron chi connectivity index (χ2n) is 7.80. The molecular formula is C24H30N2O4. The summed E-state index contributed by atoms with van der Waals surface area (Å²) >= 11 is 0. The molecule has 0 spiro atoms. The highest BCUT2D eigenvalue weighted by molar-refractivity contribution is 5.93. The fourth-order valence-electron chi connectivity index (χ4n) is 4.19. The lowest BCUT2D eigenvalue weighted by Crippen LogP contribution is -2.15. The third kappa shape index (κ3) is 4.27. The number of carboxylic acid groups (broad SMARTS) is 1. The number of carbonyl (C=O) groups is 1. The van der Waals surface area contributed by atoms with Crippen molar-refractivity contribution in [2.24, 2.45) is 0 Å². The van der Waals surface area contributed by atoms with Gasteiger partial charge in [-0.05, 0) is 51.8 Å². The molecule has 1 aromatic heterocycles. The zero-order valence-electron chi connectivity index (χ0n) is 18.3. The number of anilines is 1. The molecular weight excluding hydrogens is 380 g/mol. The molecule has 30 heavy (non-hydrogen) atoms. The molecule has 0 unspecified atom stereocenters. The van der Waals surface area contributed by atoms with E-state index in [4.69, 9.17) is 9.47 Å². The van der Waals surface area contributed by atoms with Crippen LogP contribution in [0.4, 0.5) is 5.82 Å². The number of carboxylic acids is 1. The summed E-state index contributed by atoms with van der Waals surface area (Å²) in [5.41, 5.74) is 4.47. The minimum absolute atomic E-state index is 0.231. The molecule has 1 fully saturated rings. The highest BCUT2D eigenvalue weighted by atomic mass is 16.5. The van der Waals surface area contributed by atoms with Crippen LogP contribution in [0, 0.1) is 13.8 Å². The fraction of sp³-hybridized carbons (Fsp3) is 0.417. The summed E-state index contributed by atoms with van der Waals surface area (Å²) in [4.78, 5) is 16.0. The summed E-state index contributed by atoms with van der Waals surface area (Å²) in [6.07, 6.45) is 8.40. The Hall–Kier alpha value is -3.02. The van der Waals surface area contributed by atoms with Crippen molar-refractivity contribution in [3.63, 3.8) is 0 Å². The van der Waals surface area contributed by atoms with Crippen molar-refractivity contribution in [2.75, 3.05) is 19.5 Å². The van der Waals surface area contributed by atoms with Gasteiger partial charge in [0.15, 0.2) is 0 Å². The maximum absolute atomic E-state index is 11.3. The van der Waals surface area contributed by atoms with E-state index in [9.17, 15) is 9.90 Å². The van der Waals surface area contributed by atoms with Crippen molar-refractivity contribution < 1.29 is 19.4 Å². The number of hydrogen-bond acceptors (Lipinski definition) is 5. The van der Waals surface area contributed by atoms with Gasteiger partial charge in [0.2, 0.25) is 0 Å². The first kappa shape index (κ1) is 21.7. The molecule has 2 N–H and O–H groups in total. The van der Waals surface area contributed by atoms with Crippen LogP contribution in [0.3, 0.4) is 0 Å². The standard InChI is InChI=1S/C24H30N2O4/c1-14(24(27)28)12-19-15(2)23(30-5)21(16(3)22(19)29-4)17-10-11-20(25-13-17)26-18-8-6-7-9-18/h10-13,18H,6-9H2,1-5H3,(H,25,26)(H,27,28). The van der Waals surface area contributed by atoms with E-state index >= 15 is 0 Å². The Morgan fingerprint density at radius 1 is 1.13 bits per heavy atom. The molecule has 1 aliphatic rings. The fourth-order valence-corrected chi connectivity index (χ4v) is 4.19. The first-order chi connectivity index (χ1) is 14.4. The highest BCUT2D eigenvalue weighted by Crippen LogP contribution is 2.44. The minimum Gasteiger partial charge on any atom is -0.496 e. The molecule has 0 aliphatic heterocycles. The topological polar surface area (TPSA) is 80.7 Å². The molecule has 6 nitrogen and oxygen atoms in total. The number of nitrogens with one attached hydrogen (secondary N) is 1. The second-order valence-corrected chi connectivity index (χ2v) is 7.80. The van der Waals surface area contributed by atoms with Crippen LogP contribution in [0.1, 0.15) is 49.3 Å². The number of aromatic nitrogens is 1. The molecule has 0 atom stereocenters. The molecule has 1 aliphatic carbocycles. The first-order valence-corrected chi connectivity index (χ1v) is 10.3. The third-order valence-electron chi connectivity index (χ3n) is 5.80. The number of pyridine rings is 1. The number of ether oxygens (including phenoxy) is 2. The third-order valence-corrected chi connectivity index (χ3v) is 5.80. The molecule has 0 bridgehead atoms. The Morgan fingerprint density at radius 3 is 2.33 bits per heavy atom. The smallest absolute Gasteiger partial charge is 0.331 e. The van der Waals surface area contributed by atoms with Gasteiger partial charge in [-0.25, -0.2) is 9.78 Å². The molecule has 0 saturated heterocycles. The molecule has 160 valence electrons. The first-order valence-electron chi connectivity index (χ1n) is 10.3. The van der Waals surface area contributed by atoms with Crippen molar-refractivity contribution >= 4 is 17.9 Å². The molecule has 0 amide bonds. The van der Waals surface area contributed by atoms with Gasteiger partial charge in [0.1, 0.15) is 17.3 Å². The van der Waals surface area contributed by atoms with Crippen molar-refractivity contribution in [1.82, 2.24) is 4.98 Å². The van der Waals surface area contributed by atoms with E-state index < -0.39 is 5.97 Å². The second kappa shape index (κ2) is 9.20. The molecule has 0 radical (unpaired) electrons. The van der Waals surface area contributed by atoms with Crippen LogP contribution in [-0.4, -0.2) is 36.3 Å². The summed E-state index contributed by atoms with van der Waals surface area (Å²) < 4.78 is 11.4. The van der Waals surface area contributed by atoms with Gasteiger partial charge in [0, 0.05) is 45.6 Å². The Labute approximate surface area is 177 Å². The summed E-state index contributed by atoms with van der Waals surface area (Å²) in [6.45, 7) is 5.43. The number of hydrogen-bond donors (Lipinski definition) is 2. The number of methoxy groups -OCH3 is 2. The van der Waals surface area contributed by atoms with Crippen LogP contribution >= 0.6 is 0 Å². The van der Waals surface area contributed by atoms with Gasteiger partial charge < -0.3 is 19.9 Å². The summed E-state index contributed by atoms with van der Waals surface area (Å²) in [7, 11) is 3.22. The number of nitrogens with zero attached hydrogens (tertiary/aromatic N) is 1. The Kier molecular flexibility index (Phi) is 6.65. The molecule has 1 aromatic carbocycles. The van der Waals surface area contributed by atoms with E-state index in [1.165, 1.54) is 25.7 Å². The monoisotopic (exact) mass is 410 g/mol. The van der Waals surface area contributed by atoms with Gasteiger partial charge in [0.25, 0.3) is 0 Å². The largest absolute Gasteiger partial charge is 0.496 e. The summed E-state index contributed by atoms with van der Waals surface area (Å²) in [6, 6.07) is 4.54. The maximum Gasteiger partial charge on any atom is 0.331 e. The molecule has 1 heterocycles. The van der Waals surface area contributed by atoms with Gasteiger partial charge >= 0.3 is 5.97 Å². The van der Waals surface area contributed by atoms with Crippen LogP contribution < -0.4 is 14.8 Å². The molecule has 2 aromatic rings. The van der Waals surface area contributed by atoms with Gasteiger partial charge in [-0.2, -0.15) is 0 Å². The van der Waals surface area contributed by atoms with E-state index in [1.807, 2.05) is 32.2 Å². The quantitative estimate of drug-likeness (QED) is 0.609. The van der Waals surface area contributed by atoms with Gasteiger partial charge in [-0.3, -0.25) is 0 Å². The van der Waals surface area contributed by atoms with Crippen LogP contribution in [0.5, 0.6) is 11.5 Å². The van der Waals surface area contributed by atoms with Crippen LogP contribution in [0.2, 0.25) is 0 Å². The lowest BCUT2D eigenvalue weighted by atomic mass is 9.92. The lowest BCUT2D eigenvalue weighted by Gasteiger charge is -2.21. The molecule has 1 saturated carbocycles. The molecule has 6 heteroatoms. The minimum atomic E-state index is -0.966. The van der Waals surface area contributed by atoms with Gasteiger partial charge in [-0.1, -0.05) is 12.8 Å². The SMILES string of the molecule is COc1c(C)c(-c2ccc(NC3CCCC3)nc2)c(OC)c(C)c1C=C(C)C(=O)O. The zero-order valence-corrected chi connectivity index (χ0v) is 18.3. The van der Waals surface area contributed by atoms with Crippen molar-refractivity contribution in [3.05, 3.63) is 40.6 Å². The van der Waals surface area contributed by atoms with Crippen LogP contribution in [-0.2, 0) is 4.79 Å². The van der Waals surface area contributed by atoms with Crippen LogP contribution in [0.15, 0.2) is 23.9 Å². The van der Waals surface area contributed by atoms with E-state index in [0.29, 0.717) is 23.1 Å². The number of aliphatic carboxylic acids is 1. The highest BCUT2D eigenvalue weighted by Gasteiger charge is 2.22. The Morgan fingerprint density at radius 2 is 1.80 bits per heavy atom. The predicted molar refractivity (Wildman–Crippen MR) is 119 cm³/mol. The van der Waals surface area contributed by atoms with E-state index in [1.54, 1.807) is 27.2 Å². The summed E-state index contributed by atoms with van der Waals surface area (Å²) in [5, 5.41) is 12.8. The van der Waals surface area contributed by atoms with Crippen LogP contribution in [0.25, 0.3) is 17.2 Å². The van der Waals surface area contributed by atoms with E-state index in [-0.39, 0.29) is 5.57 Å². The average Bonchev–Trinajstić information content (AvgIpc) is 3.24. The normalized spacial score (nSPS) is 14.6. The van der Waals surface area contributed by atoms with Gasteiger partial charge in [0.05, 0.1) is 14.2 Å². The van der Waals surface area contributed by atoms with Crippen molar-refractivity contribution in [3.8, 4) is 22.6 Å². The maximum atomic E-state index is 11.3. The van der Waals surface area contributed by atoms with Crippen molar-refractivity contribution in [2.45, 2.75) is 52.5 Å². The van der Waals surface area contributed by atoms with Gasteiger partial charge in [-0.15, -0.1) is 0 Å². The predicted octanol–water partition coefficient (Wildman–Crippen LogP) is 5.23. The summed E-state index contributed by atoms with van der Waals surface area (Å²) in [5.74, 6) is 1.24. The number of benzene rings is 1. The van der Waals surface area contributed by atoms with E-state index in [0.717, 1.165) is 28.1 Å². The Bertz CT molecular complexity index is 958. The molecule has 3 rings (SSSR count).